The second-order valence-electron chi connectivity index (χ2n) is 2.82. The van der Waals surface area contributed by atoms with E-state index >= 15 is 0 Å². The van der Waals surface area contributed by atoms with Gasteiger partial charge in [-0.3, -0.25) is 0 Å². The monoisotopic (exact) mass is 220 g/mol. The zero-order valence-corrected chi connectivity index (χ0v) is 9.18. The molecule has 0 N–H and O–H groups in total. The second kappa shape index (κ2) is 2.82. The van der Waals surface area contributed by atoms with Crippen LogP contribution in [0.25, 0.3) is 0 Å². The zero-order chi connectivity index (χ0) is 7.26. The van der Waals surface area contributed by atoms with E-state index in [1.807, 2.05) is 0 Å². The Kier molecular flexibility index (Phi) is 1.93. The highest BCUT2D eigenvalue weighted by Gasteiger charge is 2.46. The highest BCUT2D eigenvalue weighted by atomic mass is 32.2. The molecular weight excluding hydrogens is 212 g/mol. The maximum absolute atomic E-state index is 2.14. The summed E-state index contributed by atoms with van der Waals surface area (Å²) in [5, 5.41) is 2.01. The average Bonchev–Trinajstić information content (AvgIpc) is 2.60. The van der Waals surface area contributed by atoms with E-state index in [9.17, 15) is 0 Å². The Balaban J connectivity index is 1.81. The van der Waals surface area contributed by atoms with Gasteiger partial charge >= 0.3 is 0 Å². The maximum atomic E-state index is 2.14. The molecule has 1 saturated carbocycles. The lowest BCUT2D eigenvalue weighted by molar-refractivity contribution is 1.51. The average molecular weight is 220 g/mol. The van der Waals surface area contributed by atoms with Gasteiger partial charge in [0.05, 0.1) is 8.47 Å². The molecule has 0 radical (unpaired) electrons. The van der Waals surface area contributed by atoms with Gasteiger partial charge in [0.15, 0.2) is 0 Å². The lowest BCUT2D eigenvalue weighted by atomic mass is 11.0. The summed E-state index contributed by atoms with van der Waals surface area (Å²) in [5.41, 5.74) is 0. The Bertz CT molecular complexity index is 202. The van der Waals surface area contributed by atoms with Gasteiger partial charge < -0.3 is 0 Å². The molecule has 3 rings (SSSR count). The summed E-state index contributed by atoms with van der Waals surface area (Å²) in [6.07, 6.45) is 1.47. The molecule has 0 spiro atoms. The van der Waals surface area contributed by atoms with Crippen LogP contribution in [0.4, 0.5) is 0 Å². The third-order valence-corrected chi connectivity index (χ3v) is 8.37. The van der Waals surface area contributed by atoms with Crippen molar-refractivity contribution in [3.8, 4) is 0 Å². The molecule has 2 aliphatic heterocycles. The minimum absolute atomic E-state index is 1.00. The second-order valence-corrected chi connectivity index (χ2v) is 8.05. The van der Waals surface area contributed by atoms with E-state index in [-0.39, 0.29) is 0 Å². The normalized spacial score (nSPS) is 41.5. The summed E-state index contributed by atoms with van der Waals surface area (Å²) in [6.45, 7) is 0. The van der Waals surface area contributed by atoms with E-state index in [2.05, 4.69) is 47.0 Å². The molecule has 0 nitrogen and oxygen atoms in total. The molecule has 2 saturated heterocycles. The van der Waals surface area contributed by atoms with Crippen LogP contribution >= 0.6 is 47.0 Å². The van der Waals surface area contributed by atoms with Crippen LogP contribution in [0.3, 0.4) is 0 Å². The lowest BCUT2D eigenvalue weighted by Crippen LogP contribution is -1.69. The van der Waals surface area contributed by atoms with Crippen LogP contribution in [-0.4, -0.2) is 22.0 Å². The summed E-state index contributed by atoms with van der Waals surface area (Å²) in [6, 6.07) is 0. The highest BCUT2D eigenvalue weighted by molar-refractivity contribution is 8.31. The first-order valence-electron chi connectivity index (χ1n) is 3.77. The quantitative estimate of drug-likeness (QED) is 0.614. The first-order chi connectivity index (χ1) is 5.43. The molecule has 3 fully saturated rings. The van der Waals surface area contributed by atoms with Crippen molar-refractivity contribution in [2.45, 2.75) is 16.9 Å². The van der Waals surface area contributed by atoms with Crippen LogP contribution in [0.5, 0.6) is 0 Å². The van der Waals surface area contributed by atoms with Crippen LogP contribution in [0, 0.1) is 0 Å². The SMILES string of the molecule is C1CSC(=C2SC3C[C@@H]3S2)S1. The van der Waals surface area contributed by atoms with Gasteiger partial charge in [-0.2, -0.15) is 0 Å². The maximum Gasteiger partial charge on any atom is 0.0608 e. The molecule has 0 aromatic rings. The van der Waals surface area contributed by atoms with Gasteiger partial charge in [-0.05, 0) is 6.42 Å². The van der Waals surface area contributed by atoms with Gasteiger partial charge in [-0.15, -0.1) is 47.0 Å². The lowest BCUT2D eigenvalue weighted by Gasteiger charge is -2.01. The summed E-state index contributed by atoms with van der Waals surface area (Å²) in [7, 11) is 0. The fraction of sp³-hybridized carbons (Fsp3) is 0.714. The standard InChI is InChI=1S/C7H8S4/c1-2-9-6(8-1)7-10-4-3-5(4)11-7/h4-5H,1-3H2/t4-,5?/m0/s1. The van der Waals surface area contributed by atoms with Gasteiger partial charge in [0.25, 0.3) is 0 Å². The topological polar surface area (TPSA) is 0 Å². The number of hydrogen-bond donors (Lipinski definition) is 0. The smallest absolute Gasteiger partial charge is 0.0608 e. The van der Waals surface area contributed by atoms with Crippen LogP contribution in [0.2, 0.25) is 0 Å². The summed E-state index contributed by atoms with van der Waals surface area (Å²) >= 11 is 8.40. The summed E-state index contributed by atoms with van der Waals surface area (Å²) in [4.78, 5) is 0. The minimum Gasteiger partial charge on any atom is -0.117 e. The van der Waals surface area contributed by atoms with Crippen LogP contribution in [0.15, 0.2) is 8.47 Å². The third kappa shape index (κ3) is 1.36. The molecule has 0 bridgehead atoms. The van der Waals surface area contributed by atoms with E-state index in [4.69, 9.17) is 0 Å². The summed E-state index contributed by atoms with van der Waals surface area (Å²) < 4.78 is 3.28. The number of rotatable bonds is 0. The molecule has 0 aromatic carbocycles. The van der Waals surface area contributed by atoms with Crippen LogP contribution < -0.4 is 0 Å². The van der Waals surface area contributed by atoms with Crippen molar-refractivity contribution in [1.82, 2.24) is 0 Å². The zero-order valence-electron chi connectivity index (χ0n) is 5.91. The molecule has 2 heterocycles. The fourth-order valence-electron chi connectivity index (χ4n) is 1.23. The molecule has 0 amide bonds. The first-order valence-corrected chi connectivity index (χ1v) is 7.50. The van der Waals surface area contributed by atoms with Gasteiger partial charge in [-0.25, -0.2) is 0 Å². The van der Waals surface area contributed by atoms with Crippen molar-refractivity contribution in [3.05, 3.63) is 8.47 Å². The van der Waals surface area contributed by atoms with Crippen molar-refractivity contribution in [1.29, 1.82) is 0 Å². The van der Waals surface area contributed by atoms with Gasteiger partial charge in [0, 0.05) is 22.0 Å². The molecule has 0 aromatic heterocycles. The van der Waals surface area contributed by atoms with Crippen molar-refractivity contribution in [3.63, 3.8) is 0 Å². The minimum atomic E-state index is 1.00. The highest BCUT2D eigenvalue weighted by Crippen LogP contribution is 2.63. The van der Waals surface area contributed by atoms with E-state index in [1.165, 1.54) is 17.9 Å². The molecule has 2 atom stereocenters. The molecule has 11 heavy (non-hydrogen) atoms. The third-order valence-electron chi connectivity index (χ3n) is 1.91. The Labute approximate surface area is 83.7 Å². The van der Waals surface area contributed by atoms with Crippen molar-refractivity contribution >= 4 is 47.0 Å². The predicted octanol–water partition coefficient (Wildman–Crippen LogP) is 3.21. The van der Waals surface area contributed by atoms with Crippen molar-refractivity contribution in [2.24, 2.45) is 0 Å². The Hall–Kier alpha value is 1.14. The van der Waals surface area contributed by atoms with E-state index in [0.29, 0.717) is 0 Å². The Morgan fingerprint density at radius 3 is 2.18 bits per heavy atom. The summed E-state index contributed by atoms with van der Waals surface area (Å²) in [5.74, 6) is 2.67. The number of thioether (sulfide) groups is 4. The fourth-order valence-corrected chi connectivity index (χ4v) is 7.69. The van der Waals surface area contributed by atoms with Crippen LogP contribution in [0.1, 0.15) is 6.42 Å². The van der Waals surface area contributed by atoms with E-state index in [1.54, 1.807) is 8.47 Å². The largest absolute Gasteiger partial charge is 0.117 e. The van der Waals surface area contributed by atoms with Gasteiger partial charge in [0.2, 0.25) is 0 Å². The molecule has 60 valence electrons. The Morgan fingerprint density at radius 2 is 1.55 bits per heavy atom. The van der Waals surface area contributed by atoms with Crippen LogP contribution in [-0.2, 0) is 0 Å². The first kappa shape index (κ1) is 7.54. The molecule has 4 heteroatoms. The predicted molar refractivity (Wildman–Crippen MR) is 59.3 cm³/mol. The van der Waals surface area contributed by atoms with Crippen molar-refractivity contribution < 1.29 is 0 Å². The molecule has 1 unspecified atom stereocenters. The molecule has 3 aliphatic rings. The Morgan fingerprint density at radius 1 is 0.909 bits per heavy atom. The van der Waals surface area contributed by atoms with Crippen molar-refractivity contribution in [2.75, 3.05) is 11.5 Å². The van der Waals surface area contributed by atoms with Gasteiger partial charge in [-0.1, -0.05) is 0 Å². The van der Waals surface area contributed by atoms with E-state index < -0.39 is 0 Å². The number of fused-ring (bicyclic) bond motifs is 1. The van der Waals surface area contributed by atoms with Gasteiger partial charge in [0.1, 0.15) is 0 Å². The molecule has 1 aliphatic carbocycles. The van der Waals surface area contributed by atoms with E-state index in [0.717, 1.165) is 10.5 Å². The number of hydrogen-bond acceptors (Lipinski definition) is 4. The molecular formula is C7H8S4.